The molecule has 3 rings (SSSR count). The lowest BCUT2D eigenvalue weighted by Gasteiger charge is -2.27. The molecule has 1 aromatic rings. The minimum Gasteiger partial charge on any atom is -0.377 e. The van der Waals surface area contributed by atoms with Gasteiger partial charge in [-0.2, -0.15) is 0 Å². The molecule has 0 radical (unpaired) electrons. The van der Waals surface area contributed by atoms with Crippen molar-refractivity contribution in [1.29, 1.82) is 0 Å². The van der Waals surface area contributed by atoms with Gasteiger partial charge in [0.1, 0.15) is 0 Å². The van der Waals surface area contributed by atoms with Crippen LogP contribution in [0.25, 0.3) is 0 Å². The van der Waals surface area contributed by atoms with Crippen LogP contribution >= 0.6 is 0 Å². The summed E-state index contributed by atoms with van der Waals surface area (Å²) >= 11 is 0. The molecule has 2 unspecified atom stereocenters. The first-order valence-electron chi connectivity index (χ1n) is 7.04. The van der Waals surface area contributed by atoms with E-state index in [2.05, 4.69) is 34.9 Å². The molecule has 2 atom stereocenters. The lowest BCUT2D eigenvalue weighted by Crippen LogP contribution is -2.36. The molecule has 0 bridgehead atoms. The quantitative estimate of drug-likeness (QED) is 0.847. The second-order valence-electron chi connectivity index (χ2n) is 5.32. The highest BCUT2D eigenvalue weighted by molar-refractivity contribution is 5.32. The first kappa shape index (κ1) is 12.2. The van der Waals surface area contributed by atoms with Gasteiger partial charge in [-0.1, -0.05) is 24.3 Å². The van der Waals surface area contributed by atoms with Crippen molar-refractivity contribution < 1.29 is 4.74 Å². The molecule has 18 heavy (non-hydrogen) atoms. The summed E-state index contributed by atoms with van der Waals surface area (Å²) in [6.07, 6.45) is 2.88. The fourth-order valence-electron chi connectivity index (χ4n) is 2.99. The molecule has 0 aliphatic carbocycles. The molecule has 3 heteroatoms. The minimum atomic E-state index is 0.441. The Morgan fingerprint density at radius 1 is 1.28 bits per heavy atom. The SMILES string of the molecule is c1ccc2c(c1)CNCC2CNCC1CCCO1. The predicted molar refractivity (Wildman–Crippen MR) is 72.7 cm³/mol. The Labute approximate surface area is 109 Å². The van der Waals surface area contributed by atoms with E-state index in [9.17, 15) is 0 Å². The Morgan fingerprint density at radius 3 is 3.11 bits per heavy atom. The molecule has 3 nitrogen and oxygen atoms in total. The molecule has 98 valence electrons. The van der Waals surface area contributed by atoms with Crippen molar-refractivity contribution in [2.45, 2.75) is 31.4 Å². The number of hydrogen-bond donors (Lipinski definition) is 2. The van der Waals surface area contributed by atoms with E-state index < -0.39 is 0 Å². The third kappa shape index (κ3) is 2.74. The van der Waals surface area contributed by atoms with Gasteiger partial charge in [0.05, 0.1) is 6.10 Å². The minimum absolute atomic E-state index is 0.441. The summed E-state index contributed by atoms with van der Waals surface area (Å²) in [5.41, 5.74) is 2.96. The molecule has 1 saturated heterocycles. The number of hydrogen-bond acceptors (Lipinski definition) is 3. The monoisotopic (exact) mass is 246 g/mol. The fourth-order valence-corrected chi connectivity index (χ4v) is 2.99. The van der Waals surface area contributed by atoms with E-state index in [4.69, 9.17) is 4.74 Å². The maximum absolute atomic E-state index is 5.63. The van der Waals surface area contributed by atoms with Crippen LogP contribution in [0.2, 0.25) is 0 Å². The summed E-state index contributed by atoms with van der Waals surface area (Å²) in [5, 5.41) is 7.07. The Hall–Kier alpha value is -0.900. The zero-order valence-corrected chi connectivity index (χ0v) is 10.8. The normalized spacial score (nSPS) is 27.1. The number of benzene rings is 1. The number of fused-ring (bicyclic) bond motifs is 1. The average molecular weight is 246 g/mol. The van der Waals surface area contributed by atoms with Crippen LogP contribution in [0.3, 0.4) is 0 Å². The van der Waals surface area contributed by atoms with Crippen molar-refractivity contribution in [2.75, 3.05) is 26.2 Å². The lowest BCUT2D eigenvalue weighted by molar-refractivity contribution is 0.110. The molecule has 2 N–H and O–H groups in total. The molecule has 1 fully saturated rings. The van der Waals surface area contributed by atoms with E-state index in [0.29, 0.717) is 12.0 Å². The van der Waals surface area contributed by atoms with Gasteiger partial charge in [0.2, 0.25) is 0 Å². The Bertz CT molecular complexity index is 388. The second kappa shape index (κ2) is 5.83. The van der Waals surface area contributed by atoms with Crippen LogP contribution < -0.4 is 10.6 Å². The van der Waals surface area contributed by atoms with Gasteiger partial charge in [0.25, 0.3) is 0 Å². The van der Waals surface area contributed by atoms with Crippen LogP contribution in [0.5, 0.6) is 0 Å². The molecule has 2 heterocycles. The standard InChI is InChI=1S/C15H22N2O/c1-2-6-15-12(4-1)8-16-9-13(15)10-17-11-14-5-3-7-18-14/h1-2,4,6,13-14,16-17H,3,5,7-11H2. The summed E-state index contributed by atoms with van der Waals surface area (Å²) in [4.78, 5) is 0. The van der Waals surface area contributed by atoms with Crippen molar-refractivity contribution in [3.63, 3.8) is 0 Å². The highest BCUT2D eigenvalue weighted by Gasteiger charge is 2.20. The molecule has 2 aliphatic heterocycles. The molecule has 2 aliphatic rings. The van der Waals surface area contributed by atoms with Crippen molar-refractivity contribution in [3.8, 4) is 0 Å². The molecule has 0 saturated carbocycles. The lowest BCUT2D eigenvalue weighted by atomic mass is 9.91. The number of nitrogens with one attached hydrogen (secondary N) is 2. The van der Waals surface area contributed by atoms with E-state index >= 15 is 0 Å². The highest BCUT2D eigenvalue weighted by atomic mass is 16.5. The topological polar surface area (TPSA) is 33.3 Å². The first-order valence-corrected chi connectivity index (χ1v) is 7.04. The van der Waals surface area contributed by atoms with Gasteiger partial charge in [-0.15, -0.1) is 0 Å². The van der Waals surface area contributed by atoms with Crippen LogP contribution in [0.4, 0.5) is 0 Å². The third-order valence-corrected chi connectivity index (χ3v) is 3.99. The highest BCUT2D eigenvalue weighted by Crippen LogP contribution is 2.23. The maximum Gasteiger partial charge on any atom is 0.0700 e. The van der Waals surface area contributed by atoms with Crippen LogP contribution in [0.1, 0.15) is 29.9 Å². The maximum atomic E-state index is 5.63. The van der Waals surface area contributed by atoms with E-state index in [1.54, 1.807) is 0 Å². The molecular weight excluding hydrogens is 224 g/mol. The van der Waals surface area contributed by atoms with Gasteiger partial charge in [-0.3, -0.25) is 0 Å². The molecular formula is C15H22N2O. The predicted octanol–water partition coefficient (Wildman–Crippen LogP) is 1.64. The number of ether oxygens (including phenoxy) is 1. The average Bonchev–Trinajstić information content (AvgIpc) is 2.92. The summed E-state index contributed by atoms with van der Waals surface area (Å²) in [7, 11) is 0. The van der Waals surface area contributed by atoms with E-state index in [-0.39, 0.29) is 0 Å². The van der Waals surface area contributed by atoms with Crippen molar-refractivity contribution in [1.82, 2.24) is 10.6 Å². The largest absolute Gasteiger partial charge is 0.377 e. The smallest absolute Gasteiger partial charge is 0.0700 e. The van der Waals surface area contributed by atoms with Crippen molar-refractivity contribution >= 4 is 0 Å². The van der Waals surface area contributed by atoms with E-state index in [1.807, 2.05) is 0 Å². The summed E-state index contributed by atoms with van der Waals surface area (Å²) < 4.78 is 5.63. The van der Waals surface area contributed by atoms with Crippen LogP contribution in [-0.4, -0.2) is 32.3 Å². The molecule has 0 amide bonds. The zero-order chi connectivity index (χ0) is 12.2. The molecule has 1 aromatic carbocycles. The van der Waals surface area contributed by atoms with Gasteiger partial charge >= 0.3 is 0 Å². The summed E-state index contributed by atoms with van der Waals surface area (Å²) in [6, 6.07) is 8.78. The Kier molecular flexibility index (Phi) is 3.93. The van der Waals surface area contributed by atoms with Crippen LogP contribution in [0.15, 0.2) is 24.3 Å². The zero-order valence-electron chi connectivity index (χ0n) is 10.8. The summed E-state index contributed by atoms with van der Waals surface area (Å²) in [6.45, 7) is 5.08. The molecule has 0 aromatic heterocycles. The Morgan fingerprint density at radius 2 is 2.22 bits per heavy atom. The Balaban J connectivity index is 1.54. The van der Waals surface area contributed by atoms with Crippen molar-refractivity contribution in [2.24, 2.45) is 0 Å². The van der Waals surface area contributed by atoms with Gasteiger partial charge in [-0.05, 0) is 24.0 Å². The van der Waals surface area contributed by atoms with Gasteiger partial charge in [0, 0.05) is 38.7 Å². The van der Waals surface area contributed by atoms with Gasteiger partial charge in [0.15, 0.2) is 0 Å². The van der Waals surface area contributed by atoms with Crippen LogP contribution in [-0.2, 0) is 11.3 Å². The number of rotatable bonds is 4. The summed E-state index contributed by atoms with van der Waals surface area (Å²) in [5.74, 6) is 0.594. The van der Waals surface area contributed by atoms with Crippen LogP contribution in [0, 0.1) is 0 Å². The third-order valence-electron chi connectivity index (χ3n) is 3.99. The molecule has 0 spiro atoms. The fraction of sp³-hybridized carbons (Fsp3) is 0.600. The van der Waals surface area contributed by atoms with Gasteiger partial charge in [-0.25, -0.2) is 0 Å². The van der Waals surface area contributed by atoms with E-state index in [0.717, 1.165) is 32.8 Å². The van der Waals surface area contributed by atoms with Gasteiger partial charge < -0.3 is 15.4 Å². The van der Waals surface area contributed by atoms with E-state index in [1.165, 1.54) is 24.0 Å². The first-order chi connectivity index (χ1) is 8.93. The second-order valence-corrected chi connectivity index (χ2v) is 5.32. The van der Waals surface area contributed by atoms with Crippen molar-refractivity contribution in [3.05, 3.63) is 35.4 Å².